The van der Waals surface area contributed by atoms with Gasteiger partial charge in [-0.1, -0.05) is 24.3 Å². The van der Waals surface area contributed by atoms with Crippen LogP contribution in [0.25, 0.3) is 10.8 Å². The van der Waals surface area contributed by atoms with Crippen molar-refractivity contribution in [3.05, 3.63) is 88.7 Å². The van der Waals surface area contributed by atoms with Crippen LogP contribution in [0.5, 0.6) is 11.5 Å². The summed E-state index contributed by atoms with van der Waals surface area (Å²) in [4.78, 5) is 28.5. The van der Waals surface area contributed by atoms with Gasteiger partial charge < -0.3 is 19.1 Å². The first kappa shape index (κ1) is 25.0. The van der Waals surface area contributed by atoms with Crippen molar-refractivity contribution in [2.24, 2.45) is 7.05 Å². The third kappa shape index (κ3) is 4.50. The van der Waals surface area contributed by atoms with Crippen LogP contribution in [0.4, 0.5) is 0 Å². The van der Waals surface area contributed by atoms with Crippen molar-refractivity contribution >= 4 is 22.6 Å². The standard InChI is InChI=1S/C31H31N3O5/c1-33-23(9-12-32-33)15-20-7-8-21-19-31(39-30(36)25(21)16-20)10-13-34(14-11-31)29(35)22-17-26-24(28(18-22)38-3)5-4-6-27(26)37-2/h4-9,12,16-18H,10-11,13-15,19H2,1-3H3. The van der Waals surface area contributed by atoms with Crippen LogP contribution in [0.1, 0.15) is 50.4 Å². The molecule has 0 aliphatic carbocycles. The SMILES string of the molecule is COc1cc(C(=O)N2CCC3(CC2)Cc2ccc(Cc4ccnn4C)cc2C(=O)O3)cc2c(OC)cccc12. The zero-order valence-electron chi connectivity index (χ0n) is 22.4. The lowest BCUT2D eigenvalue weighted by Crippen LogP contribution is -2.51. The van der Waals surface area contributed by atoms with E-state index in [1.807, 2.05) is 53.0 Å². The summed E-state index contributed by atoms with van der Waals surface area (Å²) in [6.45, 7) is 1.01. The molecule has 1 saturated heterocycles. The van der Waals surface area contributed by atoms with E-state index < -0.39 is 5.60 Å². The molecule has 1 spiro atoms. The lowest BCUT2D eigenvalue weighted by atomic mass is 9.81. The predicted octanol–water partition coefficient (Wildman–Crippen LogP) is 4.57. The van der Waals surface area contributed by atoms with Crippen LogP contribution in [0.15, 0.2) is 60.8 Å². The van der Waals surface area contributed by atoms with Crippen molar-refractivity contribution in [1.82, 2.24) is 14.7 Å². The second kappa shape index (κ2) is 9.76. The lowest BCUT2D eigenvalue weighted by Gasteiger charge is -2.43. The third-order valence-corrected chi connectivity index (χ3v) is 8.09. The zero-order chi connectivity index (χ0) is 27.1. The van der Waals surface area contributed by atoms with Gasteiger partial charge in [-0.05, 0) is 41.5 Å². The molecular formula is C31H31N3O5. The van der Waals surface area contributed by atoms with Gasteiger partial charge in [0, 0.05) is 74.0 Å². The van der Waals surface area contributed by atoms with E-state index in [-0.39, 0.29) is 11.9 Å². The molecule has 8 nitrogen and oxygen atoms in total. The fraction of sp³-hybridized carbons (Fsp3) is 0.323. The van der Waals surface area contributed by atoms with Crippen molar-refractivity contribution in [3.63, 3.8) is 0 Å². The number of fused-ring (bicyclic) bond motifs is 2. The molecule has 4 aromatic rings. The number of hydrogen-bond acceptors (Lipinski definition) is 6. The Morgan fingerprint density at radius 1 is 1.00 bits per heavy atom. The first-order valence-electron chi connectivity index (χ1n) is 13.2. The Kier molecular flexibility index (Phi) is 6.25. The average molecular weight is 526 g/mol. The molecule has 3 aromatic carbocycles. The van der Waals surface area contributed by atoms with Gasteiger partial charge in [0.15, 0.2) is 0 Å². The van der Waals surface area contributed by atoms with Crippen LogP contribution >= 0.6 is 0 Å². The predicted molar refractivity (Wildman–Crippen MR) is 146 cm³/mol. The molecule has 2 aliphatic heterocycles. The van der Waals surface area contributed by atoms with Crippen molar-refractivity contribution in [1.29, 1.82) is 0 Å². The van der Waals surface area contributed by atoms with E-state index in [1.54, 1.807) is 26.5 Å². The summed E-state index contributed by atoms with van der Waals surface area (Å²) in [5.74, 6) is 0.964. The number of hydrogen-bond donors (Lipinski definition) is 0. The lowest BCUT2D eigenvalue weighted by molar-refractivity contribution is -0.0527. The summed E-state index contributed by atoms with van der Waals surface area (Å²) in [5.41, 5.74) is 3.73. The summed E-state index contributed by atoms with van der Waals surface area (Å²) >= 11 is 0. The molecule has 8 heteroatoms. The van der Waals surface area contributed by atoms with E-state index in [9.17, 15) is 9.59 Å². The molecule has 2 aliphatic rings. The van der Waals surface area contributed by atoms with Crippen molar-refractivity contribution in [2.75, 3.05) is 27.3 Å². The minimum atomic E-state index is -0.589. The van der Waals surface area contributed by atoms with E-state index in [0.29, 0.717) is 61.4 Å². The normalized spacial score (nSPS) is 16.2. The number of nitrogens with zero attached hydrogens (tertiary/aromatic N) is 3. The van der Waals surface area contributed by atoms with Crippen LogP contribution in [0.2, 0.25) is 0 Å². The maximum atomic E-state index is 13.6. The van der Waals surface area contributed by atoms with Gasteiger partial charge in [0.1, 0.15) is 17.1 Å². The number of rotatable bonds is 5. The second-order valence-corrected chi connectivity index (χ2v) is 10.4. The summed E-state index contributed by atoms with van der Waals surface area (Å²) in [5, 5.41) is 5.95. The van der Waals surface area contributed by atoms with Crippen molar-refractivity contribution < 1.29 is 23.8 Å². The van der Waals surface area contributed by atoms with Crippen molar-refractivity contribution in [2.45, 2.75) is 31.3 Å². The number of likely N-dealkylation sites (tertiary alicyclic amines) is 1. The highest BCUT2D eigenvalue weighted by molar-refractivity contribution is 6.02. The molecule has 0 atom stereocenters. The molecule has 200 valence electrons. The van der Waals surface area contributed by atoms with Crippen LogP contribution in [0.3, 0.4) is 0 Å². The van der Waals surface area contributed by atoms with Crippen LogP contribution in [-0.2, 0) is 24.6 Å². The molecule has 0 radical (unpaired) electrons. The number of carbonyl (C=O) groups excluding carboxylic acids is 2. The molecule has 0 saturated carbocycles. The number of piperidine rings is 1. The Morgan fingerprint density at radius 2 is 1.79 bits per heavy atom. The van der Waals surface area contributed by atoms with Gasteiger partial charge in [0.25, 0.3) is 5.91 Å². The minimum Gasteiger partial charge on any atom is -0.496 e. The van der Waals surface area contributed by atoms with E-state index in [4.69, 9.17) is 14.2 Å². The van der Waals surface area contributed by atoms with Crippen LogP contribution < -0.4 is 9.47 Å². The topological polar surface area (TPSA) is 82.9 Å². The molecule has 1 amide bonds. The van der Waals surface area contributed by atoms with Crippen LogP contribution in [0, 0.1) is 0 Å². The van der Waals surface area contributed by atoms with E-state index in [1.165, 1.54) is 0 Å². The molecule has 0 bridgehead atoms. The zero-order valence-corrected chi connectivity index (χ0v) is 22.4. The summed E-state index contributed by atoms with van der Waals surface area (Å²) < 4.78 is 19.0. The molecular weight excluding hydrogens is 494 g/mol. The summed E-state index contributed by atoms with van der Waals surface area (Å²) in [6, 6.07) is 17.4. The molecule has 39 heavy (non-hydrogen) atoms. The molecule has 0 N–H and O–H groups in total. The van der Waals surface area contributed by atoms with Gasteiger partial charge in [-0.25, -0.2) is 4.79 Å². The van der Waals surface area contributed by atoms with Gasteiger partial charge in [0.05, 0.1) is 19.8 Å². The smallest absolute Gasteiger partial charge is 0.338 e. The summed E-state index contributed by atoms with van der Waals surface area (Å²) in [6.07, 6.45) is 4.31. The van der Waals surface area contributed by atoms with Crippen molar-refractivity contribution in [3.8, 4) is 11.5 Å². The van der Waals surface area contributed by atoms with E-state index >= 15 is 0 Å². The first-order valence-corrected chi connectivity index (χ1v) is 13.2. The number of methoxy groups -OCH3 is 2. The largest absolute Gasteiger partial charge is 0.496 e. The molecule has 3 heterocycles. The van der Waals surface area contributed by atoms with Gasteiger partial charge in [-0.3, -0.25) is 9.48 Å². The number of benzene rings is 3. The fourth-order valence-electron chi connectivity index (χ4n) is 5.87. The van der Waals surface area contributed by atoms with Gasteiger partial charge in [-0.15, -0.1) is 0 Å². The molecule has 0 unspecified atom stereocenters. The molecule has 6 rings (SSSR count). The maximum Gasteiger partial charge on any atom is 0.338 e. The quantitative estimate of drug-likeness (QED) is 0.355. The highest BCUT2D eigenvalue weighted by Crippen LogP contribution is 2.38. The Hall–Kier alpha value is -4.33. The van der Waals surface area contributed by atoms with Gasteiger partial charge in [0.2, 0.25) is 0 Å². The number of aromatic nitrogens is 2. The third-order valence-electron chi connectivity index (χ3n) is 8.09. The minimum absolute atomic E-state index is 0.0710. The van der Waals surface area contributed by atoms with Gasteiger partial charge >= 0.3 is 5.97 Å². The average Bonchev–Trinajstić information content (AvgIpc) is 3.36. The molecule has 1 aromatic heterocycles. The Morgan fingerprint density at radius 3 is 2.51 bits per heavy atom. The highest BCUT2D eigenvalue weighted by atomic mass is 16.6. The second-order valence-electron chi connectivity index (χ2n) is 10.4. The van der Waals surface area contributed by atoms with E-state index in [2.05, 4.69) is 17.2 Å². The number of amides is 1. The summed E-state index contributed by atoms with van der Waals surface area (Å²) in [7, 11) is 5.13. The molecule has 1 fully saturated rings. The van der Waals surface area contributed by atoms with E-state index in [0.717, 1.165) is 27.6 Å². The monoisotopic (exact) mass is 525 g/mol. The Bertz CT molecular complexity index is 1580. The first-order chi connectivity index (χ1) is 18.9. The number of carbonyl (C=O) groups is 2. The Balaban J connectivity index is 1.18. The number of ether oxygens (including phenoxy) is 3. The van der Waals surface area contributed by atoms with Gasteiger partial charge in [-0.2, -0.15) is 5.10 Å². The highest BCUT2D eigenvalue weighted by Gasteiger charge is 2.43. The number of esters is 1. The fourth-order valence-corrected chi connectivity index (χ4v) is 5.87. The van der Waals surface area contributed by atoms with Crippen LogP contribution in [-0.4, -0.2) is 59.5 Å². The Labute approximate surface area is 227 Å². The number of aryl methyl sites for hydroxylation is 1. The maximum absolute atomic E-state index is 13.6.